The van der Waals surface area contributed by atoms with E-state index in [1.54, 1.807) is 0 Å². The van der Waals surface area contributed by atoms with Gasteiger partial charge in [0.15, 0.2) is 0 Å². The van der Waals surface area contributed by atoms with Crippen LogP contribution in [0.5, 0.6) is 0 Å². The maximum absolute atomic E-state index is 11.9. The van der Waals surface area contributed by atoms with Gasteiger partial charge >= 0.3 is 6.09 Å². The first-order valence-electron chi connectivity index (χ1n) is 10.2. The van der Waals surface area contributed by atoms with Crippen molar-refractivity contribution < 1.29 is 28.5 Å². The van der Waals surface area contributed by atoms with Crippen LogP contribution in [0.25, 0.3) is 0 Å². The van der Waals surface area contributed by atoms with Crippen molar-refractivity contribution in [2.24, 2.45) is 0 Å². The number of hydrogen-bond acceptors (Lipinski definition) is 6. The number of ether oxygens (including phenoxy) is 4. The molecule has 1 aliphatic rings. The zero-order chi connectivity index (χ0) is 21.9. The van der Waals surface area contributed by atoms with E-state index in [4.69, 9.17) is 18.9 Å². The molecule has 2 aromatic rings. The normalized spacial score (nSPS) is 13.3. The van der Waals surface area contributed by atoms with Crippen molar-refractivity contribution >= 4 is 23.4 Å². The number of carbonyl (C=O) groups is 2. The summed E-state index contributed by atoms with van der Waals surface area (Å²) in [5.41, 5.74) is 3.67. The van der Waals surface area contributed by atoms with E-state index in [1.165, 1.54) is 6.92 Å². The third kappa shape index (κ3) is 8.37. The highest BCUT2D eigenvalue weighted by molar-refractivity contribution is 5.88. The van der Waals surface area contributed by atoms with Crippen LogP contribution in [0.15, 0.2) is 48.5 Å². The maximum Gasteiger partial charge on any atom is 0.411 e. The van der Waals surface area contributed by atoms with Gasteiger partial charge in [-0.25, -0.2) is 4.79 Å². The molecule has 0 radical (unpaired) electrons. The van der Waals surface area contributed by atoms with Gasteiger partial charge in [-0.3, -0.25) is 10.1 Å². The summed E-state index contributed by atoms with van der Waals surface area (Å²) in [6.07, 6.45) is 0.417. The third-order valence-corrected chi connectivity index (χ3v) is 4.53. The average Bonchev–Trinajstić information content (AvgIpc) is 2.71. The minimum Gasteiger partial charge on any atom is -0.447 e. The smallest absolute Gasteiger partial charge is 0.411 e. The van der Waals surface area contributed by atoms with Gasteiger partial charge in [-0.2, -0.15) is 0 Å². The highest BCUT2D eigenvalue weighted by atomic mass is 16.6. The Labute approximate surface area is 181 Å². The molecule has 2 aromatic carbocycles. The van der Waals surface area contributed by atoms with Gasteiger partial charge in [0.2, 0.25) is 5.91 Å². The fourth-order valence-electron chi connectivity index (χ4n) is 2.88. The Bertz CT molecular complexity index is 834. The number of rotatable bonds is 11. The monoisotopic (exact) mass is 428 g/mol. The molecule has 31 heavy (non-hydrogen) atoms. The predicted molar refractivity (Wildman–Crippen MR) is 116 cm³/mol. The van der Waals surface area contributed by atoms with Gasteiger partial charge in [-0.15, -0.1) is 0 Å². The van der Waals surface area contributed by atoms with Crippen molar-refractivity contribution in [2.75, 3.05) is 50.3 Å². The van der Waals surface area contributed by atoms with Crippen molar-refractivity contribution in [3.8, 4) is 0 Å². The van der Waals surface area contributed by atoms with Crippen molar-refractivity contribution in [3.63, 3.8) is 0 Å². The Kier molecular flexibility index (Phi) is 8.84. The first-order valence-corrected chi connectivity index (χ1v) is 10.2. The minimum atomic E-state index is -0.521. The second-order valence-electron chi connectivity index (χ2n) is 7.16. The Hall–Kier alpha value is -2.94. The predicted octanol–water partition coefficient (Wildman–Crippen LogP) is 3.22. The van der Waals surface area contributed by atoms with Crippen LogP contribution in [0.2, 0.25) is 0 Å². The van der Waals surface area contributed by atoms with Crippen LogP contribution in [-0.4, -0.2) is 57.7 Å². The number of carbonyl (C=O) groups excluding carboxylic acids is 2. The second kappa shape index (κ2) is 12.0. The lowest BCUT2D eigenvalue weighted by Gasteiger charge is -2.25. The molecule has 1 heterocycles. The summed E-state index contributed by atoms with van der Waals surface area (Å²) in [4.78, 5) is 22.9. The topological polar surface area (TPSA) is 95.1 Å². The lowest BCUT2D eigenvalue weighted by atomic mass is 10.0. The zero-order valence-electron chi connectivity index (χ0n) is 17.6. The minimum absolute atomic E-state index is 0.0911. The van der Waals surface area contributed by atoms with Gasteiger partial charge < -0.3 is 24.3 Å². The molecule has 3 rings (SSSR count). The van der Waals surface area contributed by atoms with Crippen LogP contribution in [0.4, 0.5) is 16.2 Å². The van der Waals surface area contributed by atoms with E-state index in [9.17, 15) is 9.59 Å². The lowest BCUT2D eigenvalue weighted by Crippen LogP contribution is -2.36. The first kappa shape index (κ1) is 22.7. The van der Waals surface area contributed by atoms with E-state index in [1.807, 2.05) is 48.5 Å². The van der Waals surface area contributed by atoms with Crippen molar-refractivity contribution in [1.82, 2.24) is 0 Å². The molecule has 0 unspecified atom stereocenters. The Morgan fingerprint density at radius 1 is 0.871 bits per heavy atom. The number of amides is 2. The molecule has 0 aliphatic carbocycles. The average molecular weight is 428 g/mol. The van der Waals surface area contributed by atoms with E-state index in [2.05, 4.69) is 10.6 Å². The molecule has 0 atom stereocenters. The quantitative estimate of drug-likeness (QED) is 0.534. The van der Waals surface area contributed by atoms with Crippen LogP contribution in [0.1, 0.15) is 18.1 Å². The molecule has 2 N–H and O–H groups in total. The lowest BCUT2D eigenvalue weighted by molar-refractivity contribution is -0.137. The molecule has 8 nitrogen and oxygen atoms in total. The molecular formula is C23H28N2O6. The van der Waals surface area contributed by atoms with Crippen LogP contribution < -0.4 is 10.6 Å². The maximum atomic E-state index is 11.9. The van der Waals surface area contributed by atoms with Crippen LogP contribution in [-0.2, 0) is 30.2 Å². The van der Waals surface area contributed by atoms with E-state index in [0.717, 1.165) is 23.2 Å². The van der Waals surface area contributed by atoms with Gasteiger partial charge in [0, 0.05) is 18.3 Å². The van der Waals surface area contributed by atoms with Gasteiger partial charge in [-0.05, 0) is 41.8 Å². The van der Waals surface area contributed by atoms with E-state index in [-0.39, 0.29) is 18.6 Å². The third-order valence-electron chi connectivity index (χ3n) is 4.53. The van der Waals surface area contributed by atoms with Crippen molar-refractivity contribution in [1.29, 1.82) is 0 Å². The Morgan fingerprint density at radius 2 is 1.45 bits per heavy atom. The second-order valence-corrected chi connectivity index (χ2v) is 7.16. The molecule has 166 valence electrons. The summed E-state index contributed by atoms with van der Waals surface area (Å²) in [6, 6.07) is 15.3. The summed E-state index contributed by atoms with van der Waals surface area (Å²) >= 11 is 0. The zero-order valence-corrected chi connectivity index (χ0v) is 17.6. The largest absolute Gasteiger partial charge is 0.447 e. The molecule has 1 fully saturated rings. The fraction of sp³-hybridized carbons (Fsp3) is 0.391. The fourth-order valence-corrected chi connectivity index (χ4v) is 2.88. The number of anilines is 2. The van der Waals surface area contributed by atoms with E-state index in [0.29, 0.717) is 38.7 Å². The highest BCUT2D eigenvalue weighted by Gasteiger charge is 2.18. The van der Waals surface area contributed by atoms with Gasteiger partial charge in [0.25, 0.3) is 0 Å². The summed E-state index contributed by atoms with van der Waals surface area (Å²) in [7, 11) is 0. The highest BCUT2D eigenvalue weighted by Crippen LogP contribution is 2.16. The van der Waals surface area contributed by atoms with Crippen molar-refractivity contribution in [2.45, 2.75) is 19.4 Å². The molecule has 1 saturated heterocycles. The standard InChI is InChI=1S/C23H28N2O6/c1-17(26)24-20-6-2-18(3-7-20)14-19-4-8-21(9-5-19)25-23(27)31-13-11-28-10-12-30-22-15-29-16-22/h2-9,22H,10-16H2,1H3,(H,24,26)(H,25,27). The number of nitrogens with one attached hydrogen (secondary N) is 2. The van der Waals surface area contributed by atoms with E-state index < -0.39 is 6.09 Å². The molecular weight excluding hydrogens is 400 g/mol. The first-order chi connectivity index (χ1) is 15.1. The van der Waals surface area contributed by atoms with Gasteiger partial charge in [0.05, 0.1) is 33.0 Å². The van der Waals surface area contributed by atoms with Gasteiger partial charge in [-0.1, -0.05) is 24.3 Å². The van der Waals surface area contributed by atoms with Crippen LogP contribution in [0.3, 0.4) is 0 Å². The van der Waals surface area contributed by atoms with Crippen LogP contribution in [0, 0.1) is 0 Å². The summed E-state index contributed by atoms with van der Waals surface area (Å²) in [5, 5.41) is 5.44. The summed E-state index contributed by atoms with van der Waals surface area (Å²) in [5.74, 6) is -0.0911. The SMILES string of the molecule is CC(=O)Nc1ccc(Cc2ccc(NC(=O)OCCOCCOC3COC3)cc2)cc1. The molecule has 0 saturated carbocycles. The van der Waals surface area contributed by atoms with Gasteiger partial charge in [0.1, 0.15) is 12.7 Å². The number of hydrogen-bond donors (Lipinski definition) is 2. The summed E-state index contributed by atoms with van der Waals surface area (Å²) < 4.78 is 20.9. The Morgan fingerprint density at radius 3 is 2.00 bits per heavy atom. The van der Waals surface area contributed by atoms with Crippen molar-refractivity contribution in [3.05, 3.63) is 59.7 Å². The summed E-state index contributed by atoms with van der Waals surface area (Å²) in [6.45, 7) is 4.23. The molecule has 1 aliphatic heterocycles. The number of benzene rings is 2. The molecule has 0 spiro atoms. The van der Waals surface area contributed by atoms with Crippen LogP contribution >= 0.6 is 0 Å². The molecule has 0 bridgehead atoms. The molecule has 2 amide bonds. The van der Waals surface area contributed by atoms with E-state index >= 15 is 0 Å². The molecule has 8 heteroatoms. The Balaban J connectivity index is 1.31. The molecule has 0 aromatic heterocycles.